The molecule has 1 heterocycles. The molecule has 0 radical (unpaired) electrons. The molecule has 1 saturated heterocycles. The van der Waals surface area contributed by atoms with Gasteiger partial charge >= 0.3 is 6.03 Å². The zero-order valence-electron chi connectivity index (χ0n) is 11.2. The van der Waals surface area contributed by atoms with Crippen molar-refractivity contribution in [3.05, 3.63) is 35.9 Å². The average Bonchev–Trinajstić information content (AvgIpc) is 2.43. The molecule has 0 bridgehead atoms. The van der Waals surface area contributed by atoms with Gasteiger partial charge in [-0.1, -0.05) is 30.3 Å². The average molecular weight is 373 g/mol. The summed E-state index contributed by atoms with van der Waals surface area (Å²) in [5.41, 5.74) is 0.966. The van der Waals surface area contributed by atoms with Crippen molar-refractivity contribution in [2.45, 2.75) is 25.3 Å². The van der Waals surface area contributed by atoms with E-state index < -0.39 is 0 Å². The third-order valence-corrected chi connectivity index (χ3v) is 4.54. The number of urea groups is 1. The Hall–Kier alpha value is -0.820. The second-order valence-corrected chi connectivity index (χ2v) is 6.21. The van der Waals surface area contributed by atoms with Crippen molar-refractivity contribution in [2.24, 2.45) is 0 Å². The summed E-state index contributed by atoms with van der Waals surface area (Å²) in [5, 5.41) is 6.02. The topological polar surface area (TPSA) is 44.4 Å². The van der Waals surface area contributed by atoms with E-state index in [1.807, 2.05) is 25.1 Å². The van der Waals surface area contributed by atoms with E-state index in [4.69, 9.17) is 0 Å². The van der Waals surface area contributed by atoms with E-state index in [1.54, 1.807) is 0 Å². The predicted octanol–water partition coefficient (Wildman–Crippen LogP) is 2.65. The fraction of sp³-hybridized carbons (Fsp3) is 0.500. The molecule has 2 rings (SSSR count). The molecule has 5 heteroatoms. The van der Waals surface area contributed by atoms with Gasteiger partial charge in [0.1, 0.15) is 0 Å². The van der Waals surface area contributed by atoms with E-state index in [2.05, 4.69) is 48.7 Å². The maximum atomic E-state index is 11.9. The predicted molar refractivity (Wildman–Crippen MR) is 85.2 cm³/mol. The molecule has 1 aliphatic rings. The first-order valence-corrected chi connectivity index (χ1v) is 7.65. The van der Waals surface area contributed by atoms with E-state index in [0.717, 1.165) is 25.9 Å². The summed E-state index contributed by atoms with van der Waals surface area (Å²) in [6.45, 7) is 4.56. The fourth-order valence-electron chi connectivity index (χ4n) is 2.53. The smallest absolute Gasteiger partial charge is 0.315 e. The third kappa shape index (κ3) is 3.60. The Morgan fingerprint density at radius 3 is 2.53 bits per heavy atom. The summed E-state index contributed by atoms with van der Waals surface area (Å²) in [6.07, 6.45) is 1.88. The molecule has 1 aromatic rings. The van der Waals surface area contributed by atoms with Gasteiger partial charge < -0.3 is 10.6 Å². The first-order valence-electron chi connectivity index (χ1n) is 6.68. The molecule has 104 valence electrons. The van der Waals surface area contributed by atoms with Crippen LogP contribution in [-0.4, -0.2) is 28.8 Å². The lowest BCUT2D eigenvalue weighted by Gasteiger charge is -2.41. The van der Waals surface area contributed by atoms with Crippen LogP contribution in [0.1, 0.15) is 25.3 Å². The fourth-order valence-corrected chi connectivity index (χ4v) is 3.01. The summed E-state index contributed by atoms with van der Waals surface area (Å²) < 4.78 is 2.28. The summed E-state index contributed by atoms with van der Waals surface area (Å²) in [4.78, 5) is 11.9. The van der Waals surface area contributed by atoms with Crippen LogP contribution in [0.3, 0.4) is 0 Å². The number of piperidine rings is 1. The number of amides is 2. The zero-order chi connectivity index (χ0) is 13.7. The van der Waals surface area contributed by atoms with Crippen LogP contribution in [0.5, 0.6) is 0 Å². The monoisotopic (exact) mass is 373 g/mol. The molecule has 1 aliphatic heterocycles. The van der Waals surface area contributed by atoms with Crippen LogP contribution in [0, 0.1) is 0 Å². The van der Waals surface area contributed by atoms with Gasteiger partial charge in [-0.3, -0.25) is 0 Å². The van der Waals surface area contributed by atoms with Crippen molar-refractivity contribution in [1.82, 2.24) is 13.7 Å². The highest BCUT2D eigenvalue weighted by molar-refractivity contribution is 14.1. The standard InChI is InChI=1S/C14H20IN3O/c1-2-16-13(19)17-14(8-10-18(15)11-9-14)12-6-4-3-5-7-12/h3-7H,2,8-11H2,1H3,(H2,16,17,19). The van der Waals surface area contributed by atoms with Gasteiger partial charge in [-0.15, -0.1) is 0 Å². The molecular formula is C14H20IN3O. The van der Waals surface area contributed by atoms with E-state index in [0.29, 0.717) is 6.54 Å². The number of nitrogens with one attached hydrogen (secondary N) is 2. The first-order chi connectivity index (χ1) is 9.16. The van der Waals surface area contributed by atoms with Crippen LogP contribution in [0.4, 0.5) is 4.79 Å². The SMILES string of the molecule is CCNC(=O)NC1(c2ccccc2)CCN(I)CC1. The Morgan fingerprint density at radius 2 is 1.95 bits per heavy atom. The number of halogens is 1. The molecule has 0 aliphatic carbocycles. The number of benzene rings is 1. The summed E-state index contributed by atoms with van der Waals surface area (Å²) in [5.74, 6) is 0. The number of rotatable bonds is 3. The van der Waals surface area contributed by atoms with Crippen LogP contribution in [0.15, 0.2) is 30.3 Å². The number of hydrogen-bond acceptors (Lipinski definition) is 2. The lowest BCUT2D eigenvalue weighted by Crippen LogP contribution is -2.54. The number of carbonyl (C=O) groups is 1. The molecule has 0 atom stereocenters. The van der Waals surface area contributed by atoms with Gasteiger partial charge in [0.2, 0.25) is 0 Å². The van der Waals surface area contributed by atoms with Gasteiger partial charge in [0, 0.05) is 42.5 Å². The van der Waals surface area contributed by atoms with E-state index in [9.17, 15) is 4.79 Å². The molecule has 19 heavy (non-hydrogen) atoms. The Kier molecular flexibility index (Phi) is 5.04. The molecular weight excluding hydrogens is 353 g/mol. The van der Waals surface area contributed by atoms with Crippen molar-refractivity contribution in [3.8, 4) is 0 Å². The lowest BCUT2D eigenvalue weighted by atomic mass is 9.81. The minimum Gasteiger partial charge on any atom is -0.338 e. The highest BCUT2D eigenvalue weighted by Gasteiger charge is 2.36. The Bertz CT molecular complexity index is 416. The van der Waals surface area contributed by atoms with Crippen molar-refractivity contribution < 1.29 is 4.79 Å². The second-order valence-electron chi connectivity index (χ2n) is 4.84. The van der Waals surface area contributed by atoms with E-state index in [-0.39, 0.29) is 11.6 Å². The molecule has 0 spiro atoms. The van der Waals surface area contributed by atoms with Crippen LogP contribution < -0.4 is 10.6 Å². The largest absolute Gasteiger partial charge is 0.338 e. The van der Waals surface area contributed by atoms with Crippen LogP contribution in [-0.2, 0) is 5.54 Å². The van der Waals surface area contributed by atoms with Gasteiger partial charge in [-0.25, -0.2) is 7.91 Å². The quantitative estimate of drug-likeness (QED) is 0.632. The highest BCUT2D eigenvalue weighted by atomic mass is 127. The van der Waals surface area contributed by atoms with Gasteiger partial charge in [0.15, 0.2) is 0 Å². The van der Waals surface area contributed by atoms with Crippen LogP contribution in [0.2, 0.25) is 0 Å². The minimum absolute atomic E-state index is 0.0757. The molecule has 0 aromatic heterocycles. The minimum atomic E-state index is -0.234. The summed E-state index contributed by atoms with van der Waals surface area (Å²) >= 11 is 2.35. The lowest BCUT2D eigenvalue weighted by molar-refractivity contribution is 0.193. The van der Waals surface area contributed by atoms with Crippen molar-refractivity contribution in [1.29, 1.82) is 0 Å². The second kappa shape index (κ2) is 6.56. The van der Waals surface area contributed by atoms with E-state index >= 15 is 0 Å². The van der Waals surface area contributed by atoms with E-state index in [1.165, 1.54) is 5.56 Å². The third-order valence-electron chi connectivity index (χ3n) is 3.58. The molecule has 2 amide bonds. The normalized spacial score (nSPS) is 18.8. The first kappa shape index (κ1) is 14.6. The van der Waals surface area contributed by atoms with Crippen molar-refractivity contribution in [2.75, 3.05) is 19.6 Å². The summed E-state index contributed by atoms with van der Waals surface area (Å²) in [6, 6.07) is 10.2. The number of nitrogens with zero attached hydrogens (tertiary/aromatic N) is 1. The molecule has 2 N–H and O–H groups in total. The maximum absolute atomic E-state index is 11.9. The Labute approximate surface area is 128 Å². The summed E-state index contributed by atoms with van der Waals surface area (Å²) in [7, 11) is 0. The van der Waals surface area contributed by atoms with Crippen LogP contribution in [0.25, 0.3) is 0 Å². The van der Waals surface area contributed by atoms with Crippen molar-refractivity contribution in [3.63, 3.8) is 0 Å². The Balaban J connectivity index is 2.21. The molecule has 0 saturated carbocycles. The van der Waals surface area contributed by atoms with Crippen LogP contribution >= 0.6 is 22.9 Å². The maximum Gasteiger partial charge on any atom is 0.315 e. The molecule has 1 fully saturated rings. The molecule has 4 nitrogen and oxygen atoms in total. The number of carbonyl (C=O) groups excluding carboxylic acids is 1. The molecule has 0 unspecified atom stereocenters. The Morgan fingerprint density at radius 1 is 1.32 bits per heavy atom. The van der Waals surface area contributed by atoms with Gasteiger partial charge in [0.05, 0.1) is 5.54 Å². The van der Waals surface area contributed by atoms with Gasteiger partial charge in [-0.2, -0.15) is 0 Å². The van der Waals surface area contributed by atoms with Gasteiger partial charge in [-0.05, 0) is 25.3 Å². The van der Waals surface area contributed by atoms with Gasteiger partial charge in [0.25, 0.3) is 0 Å². The molecule has 1 aromatic carbocycles. The number of hydrogen-bond donors (Lipinski definition) is 2. The zero-order valence-corrected chi connectivity index (χ0v) is 13.3. The van der Waals surface area contributed by atoms with Crippen molar-refractivity contribution >= 4 is 28.9 Å². The highest BCUT2D eigenvalue weighted by Crippen LogP contribution is 2.33.